The molecule has 2 unspecified atom stereocenters. The summed E-state index contributed by atoms with van der Waals surface area (Å²) in [5, 5.41) is 12.2. The lowest BCUT2D eigenvalue weighted by molar-refractivity contribution is -0.182. The average molecular weight is 273 g/mol. The number of halogens is 3. The molecule has 0 radical (unpaired) electrons. The predicted octanol–water partition coefficient (Wildman–Crippen LogP) is 3.71. The summed E-state index contributed by atoms with van der Waals surface area (Å²) in [6, 6.07) is 7.02. The van der Waals surface area contributed by atoms with Crippen molar-refractivity contribution in [1.82, 2.24) is 0 Å². The van der Waals surface area contributed by atoms with Crippen LogP contribution in [0.25, 0.3) is 0 Å². The maximum absolute atomic E-state index is 12.7. The molecule has 0 spiro atoms. The highest BCUT2D eigenvalue weighted by molar-refractivity contribution is 5.46. The molecule has 0 aliphatic heterocycles. The van der Waals surface area contributed by atoms with Gasteiger partial charge in [-0.1, -0.05) is 18.6 Å². The molecule has 106 valence electrons. The number of hydrogen-bond donors (Lipinski definition) is 2. The minimum atomic E-state index is -4.09. The lowest BCUT2D eigenvalue weighted by Crippen LogP contribution is -2.34. The minimum Gasteiger partial charge on any atom is -0.392 e. The summed E-state index contributed by atoms with van der Waals surface area (Å²) in [4.78, 5) is 0. The molecule has 0 heterocycles. The second-order valence-corrected chi connectivity index (χ2v) is 5.10. The van der Waals surface area contributed by atoms with Crippen molar-refractivity contribution < 1.29 is 18.3 Å². The maximum atomic E-state index is 12.7. The standard InChI is InChI=1S/C14H18F3NO/c15-14(16,17)11-4-2-6-13(8-11)18-12-5-1-3-10(7-12)9-19/h1,3,5,7,11,13,18-19H,2,4,6,8-9H2. The van der Waals surface area contributed by atoms with Crippen molar-refractivity contribution in [2.45, 2.75) is 44.5 Å². The van der Waals surface area contributed by atoms with Gasteiger partial charge in [0.05, 0.1) is 12.5 Å². The maximum Gasteiger partial charge on any atom is 0.391 e. The Kier molecular flexibility index (Phi) is 4.34. The lowest BCUT2D eigenvalue weighted by Gasteiger charge is -2.31. The van der Waals surface area contributed by atoms with Crippen molar-refractivity contribution >= 4 is 5.69 Å². The van der Waals surface area contributed by atoms with E-state index in [2.05, 4.69) is 5.32 Å². The highest BCUT2D eigenvalue weighted by Gasteiger charge is 2.42. The molecule has 5 heteroatoms. The molecule has 19 heavy (non-hydrogen) atoms. The lowest BCUT2D eigenvalue weighted by atomic mass is 9.85. The second-order valence-electron chi connectivity index (χ2n) is 5.10. The van der Waals surface area contributed by atoms with Crippen molar-refractivity contribution in [2.24, 2.45) is 5.92 Å². The van der Waals surface area contributed by atoms with Crippen molar-refractivity contribution in [1.29, 1.82) is 0 Å². The summed E-state index contributed by atoms with van der Waals surface area (Å²) < 4.78 is 38.1. The van der Waals surface area contributed by atoms with Crippen molar-refractivity contribution in [3.63, 3.8) is 0 Å². The van der Waals surface area contributed by atoms with Gasteiger partial charge in [-0.3, -0.25) is 0 Å². The van der Waals surface area contributed by atoms with Gasteiger partial charge >= 0.3 is 6.18 Å². The molecule has 2 nitrogen and oxygen atoms in total. The van der Waals surface area contributed by atoms with Crippen LogP contribution in [0.5, 0.6) is 0 Å². The summed E-state index contributed by atoms with van der Waals surface area (Å²) in [6.45, 7) is -0.0641. The Bertz CT molecular complexity index is 419. The molecule has 1 aromatic carbocycles. The van der Waals surface area contributed by atoms with Crippen LogP contribution in [-0.2, 0) is 6.61 Å². The fraction of sp³-hybridized carbons (Fsp3) is 0.571. The normalized spacial score (nSPS) is 24.2. The van der Waals surface area contributed by atoms with Gasteiger partial charge in [-0.25, -0.2) is 0 Å². The molecule has 2 atom stereocenters. The average Bonchev–Trinajstić information content (AvgIpc) is 2.38. The molecular weight excluding hydrogens is 255 g/mol. The highest BCUT2D eigenvalue weighted by atomic mass is 19.4. The Morgan fingerprint density at radius 2 is 2.05 bits per heavy atom. The van der Waals surface area contributed by atoms with Crippen LogP contribution in [0.3, 0.4) is 0 Å². The molecule has 0 saturated heterocycles. The Morgan fingerprint density at radius 3 is 2.74 bits per heavy atom. The van der Waals surface area contributed by atoms with Gasteiger partial charge in [0.15, 0.2) is 0 Å². The van der Waals surface area contributed by atoms with Crippen LogP contribution in [0, 0.1) is 5.92 Å². The van der Waals surface area contributed by atoms with Crippen LogP contribution in [0.4, 0.5) is 18.9 Å². The Balaban J connectivity index is 1.98. The molecule has 0 amide bonds. The number of benzene rings is 1. The molecule has 0 aromatic heterocycles. The van der Waals surface area contributed by atoms with Crippen LogP contribution >= 0.6 is 0 Å². The SMILES string of the molecule is OCc1cccc(NC2CCCC(C(F)(F)F)C2)c1. The van der Waals surface area contributed by atoms with Gasteiger partial charge in [-0.2, -0.15) is 13.2 Å². The molecule has 1 aromatic rings. The third-order valence-electron chi connectivity index (χ3n) is 3.62. The Morgan fingerprint density at radius 1 is 1.26 bits per heavy atom. The molecule has 1 aliphatic carbocycles. The predicted molar refractivity (Wildman–Crippen MR) is 67.8 cm³/mol. The van der Waals surface area contributed by atoms with Gasteiger partial charge in [0.1, 0.15) is 0 Å². The van der Waals surface area contributed by atoms with Crippen molar-refractivity contribution in [2.75, 3.05) is 5.32 Å². The first kappa shape index (κ1) is 14.2. The zero-order valence-corrected chi connectivity index (χ0v) is 10.6. The monoisotopic (exact) mass is 273 g/mol. The fourth-order valence-electron chi connectivity index (χ4n) is 2.61. The number of aliphatic hydroxyl groups excluding tert-OH is 1. The van der Waals surface area contributed by atoms with Crippen LogP contribution in [0.15, 0.2) is 24.3 Å². The summed E-state index contributed by atoms with van der Waals surface area (Å²) in [5.41, 5.74) is 1.53. The van der Waals surface area contributed by atoms with Crippen molar-refractivity contribution in [3.05, 3.63) is 29.8 Å². The zero-order chi connectivity index (χ0) is 13.9. The molecule has 2 N–H and O–H groups in total. The van der Waals surface area contributed by atoms with Crippen LogP contribution in [0.2, 0.25) is 0 Å². The Labute approximate surface area is 110 Å². The van der Waals surface area contributed by atoms with E-state index in [0.717, 1.165) is 17.7 Å². The van der Waals surface area contributed by atoms with Gasteiger partial charge in [0.2, 0.25) is 0 Å². The van der Waals surface area contributed by atoms with Crippen LogP contribution in [0.1, 0.15) is 31.2 Å². The van der Waals surface area contributed by atoms with E-state index in [0.29, 0.717) is 6.42 Å². The van der Waals surface area contributed by atoms with E-state index in [1.54, 1.807) is 18.2 Å². The number of anilines is 1. The number of rotatable bonds is 3. The van der Waals surface area contributed by atoms with E-state index in [1.807, 2.05) is 6.07 Å². The molecule has 2 rings (SSSR count). The number of aliphatic hydroxyl groups is 1. The van der Waals surface area contributed by atoms with E-state index in [-0.39, 0.29) is 25.5 Å². The number of nitrogens with one attached hydrogen (secondary N) is 1. The van der Waals surface area contributed by atoms with Gasteiger partial charge < -0.3 is 10.4 Å². The summed E-state index contributed by atoms with van der Waals surface area (Å²) >= 11 is 0. The summed E-state index contributed by atoms with van der Waals surface area (Å²) in [5.74, 6) is -1.19. The fourth-order valence-corrected chi connectivity index (χ4v) is 2.61. The first-order valence-electron chi connectivity index (χ1n) is 6.52. The van der Waals surface area contributed by atoms with Gasteiger partial charge in [0, 0.05) is 11.7 Å². The highest BCUT2D eigenvalue weighted by Crippen LogP contribution is 2.38. The Hall–Kier alpha value is -1.23. The third kappa shape index (κ3) is 3.86. The zero-order valence-electron chi connectivity index (χ0n) is 10.6. The molecule has 1 fully saturated rings. The number of hydrogen-bond acceptors (Lipinski definition) is 2. The smallest absolute Gasteiger partial charge is 0.391 e. The summed E-state index contributed by atoms with van der Waals surface area (Å²) in [7, 11) is 0. The topological polar surface area (TPSA) is 32.3 Å². The van der Waals surface area contributed by atoms with Gasteiger partial charge in [-0.05, 0) is 37.0 Å². The van der Waals surface area contributed by atoms with Gasteiger partial charge in [0.25, 0.3) is 0 Å². The molecule has 0 bridgehead atoms. The van der Waals surface area contributed by atoms with Gasteiger partial charge in [-0.15, -0.1) is 0 Å². The van der Waals surface area contributed by atoms with Crippen molar-refractivity contribution in [3.8, 4) is 0 Å². The molecule has 1 saturated carbocycles. The third-order valence-corrected chi connectivity index (χ3v) is 3.62. The molecular formula is C14H18F3NO. The second kappa shape index (κ2) is 5.82. The quantitative estimate of drug-likeness (QED) is 0.880. The molecule has 1 aliphatic rings. The van der Waals surface area contributed by atoms with E-state index in [1.165, 1.54) is 0 Å². The van der Waals surface area contributed by atoms with Crippen LogP contribution < -0.4 is 5.32 Å². The van der Waals surface area contributed by atoms with E-state index in [4.69, 9.17) is 5.11 Å². The first-order chi connectivity index (χ1) is 8.99. The number of alkyl halides is 3. The minimum absolute atomic E-state index is 0.0641. The van der Waals surface area contributed by atoms with E-state index in [9.17, 15) is 13.2 Å². The van der Waals surface area contributed by atoms with E-state index < -0.39 is 12.1 Å². The van der Waals surface area contributed by atoms with Crippen LogP contribution in [-0.4, -0.2) is 17.3 Å². The van der Waals surface area contributed by atoms with E-state index >= 15 is 0 Å². The first-order valence-corrected chi connectivity index (χ1v) is 6.52. The summed E-state index contributed by atoms with van der Waals surface area (Å²) in [6.07, 6.45) is -2.37. The largest absolute Gasteiger partial charge is 0.392 e.